The zero-order valence-electron chi connectivity index (χ0n) is 9.33. The van der Waals surface area contributed by atoms with Crippen molar-refractivity contribution >= 4 is 6.29 Å². The molecule has 0 amide bonds. The van der Waals surface area contributed by atoms with E-state index in [-0.39, 0.29) is 0 Å². The Morgan fingerprint density at radius 1 is 1.33 bits per heavy atom. The summed E-state index contributed by atoms with van der Waals surface area (Å²) in [5.74, 6) is 0.620. The van der Waals surface area contributed by atoms with Crippen molar-refractivity contribution in [2.45, 2.75) is 20.8 Å². The molecule has 3 heteroatoms. The minimum Gasteiger partial charge on any atom is -0.488 e. The number of aldehydes is 1. The van der Waals surface area contributed by atoms with Crippen molar-refractivity contribution in [1.82, 2.24) is 4.98 Å². The number of aromatic nitrogens is 1. The first-order chi connectivity index (χ1) is 7.11. The maximum Gasteiger partial charge on any atom is 0.155 e. The van der Waals surface area contributed by atoms with Crippen LogP contribution in [0.5, 0.6) is 5.75 Å². The van der Waals surface area contributed by atoms with Gasteiger partial charge in [-0.05, 0) is 20.8 Å². The zero-order chi connectivity index (χ0) is 11.4. The zero-order valence-corrected chi connectivity index (χ0v) is 9.33. The van der Waals surface area contributed by atoms with Crippen molar-refractivity contribution in [1.29, 1.82) is 0 Å². The lowest BCUT2D eigenvalue weighted by Crippen LogP contribution is -2.05. The fraction of sp³-hybridized carbons (Fsp3) is 0.333. The van der Waals surface area contributed by atoms with Gasteiger partial charge < -0.3 is 4.74 Å². The summed E-state index contributed by atoms with van der Waals surface area (Å²) in [5, 5.41) is 0. The maximum absolute atomic E-state index is 10.9. The summed E-state index contributed by atoms with van der Waals surface area (Å²) in [6.45, 7) is 9.57. The molecule has 1 rings (SSSR count). The second-order valence-corrected chi connectivity index (χ2v) is 3.37. The van der Waals surface area contributed by atoms with Crippen LogP contribution >= 0.6 is 0 Å². The van der Waals surface area contributed by atoms with Crippen LogP contribution in [0, 0.1) is 20.8 Å². The summed E-state index contributed by atoms with van der Waals surface area (Å²) >= 11 is 0. The molecule has 0 bridgehead atoms. The molecule has 0 aromatic carbocycles. The standard InChI is InChI=1S/C12H15NO2/c1-5-6-15-12-8(2)9(3)13-10(4)11(12)7-14/h5,7H,1,6H2,2-4H3. The van der Waals surface area contributed by atoms with Gasteiger partial charge in [-0.1, -0.05) is 12.7 Å². The minimum atomic E-state index is 0.393. The number of hydrogen-bond acceptors (Lipinski definition) is 3. The first-order valence-electron chi connectivity index (χ1n) is 4.78. The molecule has 1 heterocycles. The third kappa shape index (κ3) is 2.24. The van der Waals surface area contributed by atoms with Gasteiger partial charge >= 0.3 is 0 Å². The number of pyridine rings is 1. The molecule has 0 spiro atoms. The summed E-state index contributed by atoms with van der Waals surface area (Å²) in [4.78, 5) is 15.2. The van der Waals surface area contributed by atoms with Gasteiger partial charge in [-0.25, -0.2) is 0 Å². The van der Waals surface area contributed by atoms with Gasteiger partial charge in [-0.2, -0.15) is 0 Å². The number of carbonyl (C=O) groups excluding carboxylic acids is 1. The van der Waals surface area contributed by atoms with Crippen LogP contribution in [0.1, 0.15) is 27.3 Å². The van der Waals surface area contributed by atoms with Crippen LogP contribution in [0.4, 0.5) is 0 Å². The molecule has 0 atom stereocenters. The number of ether oxygens (including phenoxy) is 1. The molecule has 0 N–H and O–H groups in total. The summed E-state index contributed by atoms with van der Waals surface area (Å²) in [7, 11) is 0. The fourth-order valence-electron chi connectivity index (χ4n) is 1.39. The smallest absolute Gasteiger partial charge is 0.155 e. The summed E-state index contributed by atoms with van der Waals surface area (Å²) in [6, 6.07) is 0. The van der Waals surface area contributed by atoms with Crippen molar-refractivity contribution in [3.63, 3.8) is 0 Å². The molecule has 80 valence electrons. The molecule has 0 fully saturated rings. The molecule has 0 unspecified atom stereocenters. The monoisotopic (exact) mass is 205 g/mol. The number of rotatable bonds is 4. The van der Waals surface area contributed by atoms with Crippen LogP contribution in [0.3, 0.4) is 0 Å². The molecule has 0 aliphatic heterocycles. The second-order valence-electron chi connectivity index (χ2n) is 3.37. The Balaban J connectivity index is 3.29. The van der Waals surface area contributed by atoms with Crippen LogP contribution in [0.15, 0.2) is 12.7 Å². The molecule has 0 radical (unpaired) electrons. The molecule has 0 aliphatic rings. The average Bonchev–Trinajstić information content (AvgIpc) is 2.21. The minimum absolute atomic E-state index is 0.393. The highest BCUT2D eigenvalue weighted by atomic mass is 16.5. The van der Waals surface area contributed by atoms with Crippen molar-refractivity contribution in [3.05, 3.63) is 35.2 Å². The molecule has 0 aliphatic carbocycles. The Bertz CT molecular complexity index is 397. The topological polar surface area (TPSA) is 39.2 Å². The fourth-order valence-corrected chi connectivity index (χ4v) is 1.39. The molecule has 1 aromatic heterocycles. The van der Waals surface area contributed by atoms with E-state index in [4.69, 9.17) is 4.74 Å². The first kappa shape index (κ1) is 11.4. The largest absolute Gasteiger partial charge is 0.488 e. The Hall–Kier alpha value is -1.64. The molecule has 0 saturated heterocycles. The van der Waals surface area contributed by atoms with Gasteiger partial charge in [-0.15, -0.1) is 0 Å². The quantitative estimate of drug-likeness (QED) is 0.559. The van der Waals surface area contributed by atoms with E-state index in [1.165, 1.54) is 0 Å². The maximum atomic E-state index is 10.9. The Morgan fingerprint density at radius 2 is 2.00 bits per heavy atom. The van der Waals surface area contributed by atoms with E-state index in [2.05, 4.69) is 11.6 Å². The molecule has 15 heavy (non-hydrogen) atoms. The highest BCUT2D eigenvalue weighted by Gasteiger charge is 2.13. The molecule has 3 nitrogen and oxygen atoms in total. The lowest BCUT2D eigenvalue weighted by Gasteiger charge is -2.13. The highest BCUT2D eigenvalue weighted by molar-refractivity contribution is 5.81. The van der Waals surface area contributed by atoms with Crippen LogP contribution in [-0.2, 0) is 0 Å². The van der Waals surface area contributed by atoms with Crippen molar-refractivity contribution < 1.29 is 9.53 Å². The van der Waals surface area contributed by atoms with E-state index in [9.17, 15) is 4.79 Å². The SMILES string of the molecule is C=CCOc1c(C)c(C)nc(C)c1C=O. The molecule has 0 saturated carbocycles. The van der Waals surface area contributed by atoms with Crippen LogP contribution < -0.4 is 4.74 Å². The van der Waals surface area contributed by atoms with E-state index in [0.717, 1.165) is 17.5 Å². The van der Waals surface area contributed by atoms with Crippen molar-refractivity contribution in [2.24, 2.45) is 0 Å². The summed E-state index contributed by atoms with van der Waals surface area (Å²) in [5.41, 5.74) is 3.02. The predicted molar refractivity (Wildman–Crippen MR) is 59.5 cm³/mol. The third-order valence-corrected chi connectivity index (χ3v) is 2.32. The van der Waals surface area contributed by atoms with E-state index in [1.54, 1.807) is 13.0 Å². The van der Waals surface area contributed by atoms with E-state index < -0.39 is 0 Å². The first-order valence-corrected chi connectivity index (χ1v) is 4.78. The van der Waals surface area contributed by atoms with Gasteiger partial charge in [0.25, 0.3) is 0 Å². The van der Waals surface area contributed by atoms with Gasteiger partial charge in [0.1, 0.15) is 12.4 Å². The molecular weight excluding hydrogens is 190 g/mol. The lowest BCUT2D eigenvalue weighted by molar-refractivity contribution is 0.111. The Morgan fingerprint density at radius 3 is 2.53 bits per heavy atom. The summed E-state index contributed by atoms with van der Waals surface area (Å²) < 4.78 is 5.48. The van der Waals surface area contributed by atoms with Gasteiger partial charge in [0.2, 0.25) is 0 Å². The van der Waals surface area contributed by atoms with Crippen molar-refractivity contribution in [3.8, 4) is 5.75 Å². The van der Waals surface area contributed by atoms with E-state index in [0.29, 0.717) is 23.6 Å². The van der Waals surface area contributed by atoms with E-state index in [1.807, 2.05) is 13.8 Å². The number of nitrogens with zero attached hydrogens (tertiary/aromatic N) is 1. The normalized spacial score (nSPS) is 9.80. The van der Waals surface area contributed by atoms with E-state index >= 15 is 0 Å². The summed E-state index contributed by atoms with van der Waals surface area (Å²) in [6.07, 6.45) is 2.44. The third-order valence-electron chi connectivity index (χ3n) is 2.32. The number of aryl methyl sites for hydroxylation is 2. The average molecular weight is 205 g/mol. The van der Waals surface area contributed by atoms with Crippen molar-refractivity contribution in [2.75, 3.05) is 6.61 Å². The van der Waals surface area contributed by atoms with Crippen LogP contribution in [-0.4, -0.2) is 17.9 Å². The lowest BCUT2D eigenvalue weighted by atomic mass is 10.1. The van der Waals surface area contributed by atoms with Gasteiger partial charge in [0.15, 0.2) is 6.29 Å². The van der Waals surface area contributed by atoms with Gasteiger partial charge in [0.05, 0.1) is 11.3 Å². The number of hydrogen-bond donors (Lipinski definition) is 0. The molecular formula is C12H15NO2. The highest BCUT2D eigenvalue weighted by Crippen LogP contribution is 2.26. The molecule has 1 aromatic rings. The number of carbonyl (C=O) groups is 1. The van der Waals surface area contributed by atoms with Gasteiger partial charge in [-0.3, -0.25) is 9.78 Å². The van der Waals surface area contributed by atoms with Crippen LogP contribution in [0.2, 0.25) is 0 Å². The Labute approximate surface area is 89.8 Å². The van der Waals surface area contributed by atoms with Gasteiger partial charge in [0, 0.05) is 11.3 Å². The second kappa shape index (κ2) is 4.73. The van der Waals surface area contributed by atoms with Crippen LogP contribution in [0.25, 0.3) is 0 Å². The Kier molecular flexibility index (Phi) is 3.61. The predicted octanol–water partition coefficient (Wildman–Crippen LogP) is 2.38.